The molecule has 1 aliphatic rings. The Morgan fingerprint density at radius 3 is 2.10 bits per heavy atom. The number of hydrogen-bond donors (Lipinski definition) is 1. The van der Waals surface area contributed by atoms with Gasteiger partial charge in [0.15, 0.2) is 0 Å². The van der Waals surface area contributed by atoms with Crippen LogP contribution in [0.1, 0.15) is 5.56 Å². The highest BCUT2D eigenvalue weighted by Gasteiger charge is 2.10. The van der Waals surface area contributed by atoms with Crippen LogP contribution in [0.15, 0.2) is 78.9 Å². The summed E-state index contributed by atoms with van der Waals surface area (Å²) in [4.78, 5) is 2.43. The van der Waals surface area contributed by atoms with E-state index in [1.165, 1.54) is 0 Å². The number of hydrogen-bond acceptors (Lipinski definition) is 4. The van der Waals surface area contributed by atoms with E-state index in [2.05, 4.69) is 58.7 Å². The monoisotopic (exact) mass is 388 g/mol. The molecule has 29 heavy (non-hydrogen) atoms. The summed E-state index contributed by atoms with van der Waals surface area (Å²) in [6, 6.07) is 26.8. The van der Waals surface area contributed by atoms with Crippen LogP contribution in [0.4, 0.5) is 0 Å². The van der Waals surface area contributed by atoms with Crippen LogP contribution in [-0.2, 0) is 6.61 Å². The topological polar surface area (TPSA) is 33.7 Å². The molecule has 0 atom stereocenters. The van der Waals surface area contributed by atoms with Crippen molar-refractivity contribution in [1.29, 1.82) is 0 Å². The summed E-state index contributed by atoms with van der Waals surface area (Å²) < 4.78 is 12.2. The zero-order valence-electron chi connectivity index (χ0n) is 16.7. The van der Waals surface area contributed by atoms with E-state index in [1.54, 1.807) is 0 Å². The minimum Gasteiger partial charge on any atom is -0.492 e. The average molecular weight is 389 g/mol. The van der Waals surface area contributed by atoms with E-state index < -0.39 is 0 Å². The highest BCUT2D eigenvalue weighted by Crippen LogP contribution is 2.30. The van der Waals surface area contributed by atoms with Gasteiger partial charge in [0, 0.05) is 38.8 Å². The molecule has 0 amide bonds. The van der Waals surface area contributed by atoms with Crippen LogP contribution in [0.25, 0.3) is 11.1 Å². The third kappa shape index (κ3) is 5.83. The minimum atomic E-state index is 0.541. The number of rotatable bonds is 8. The van der Waals surface area contributed by atoms with Crippen molar-refractivity contribution >= 4 is 0 Å². The summed E-state index contributed by atoms with van der Waals surface area (Å²) in [7, 11) is 0. The second-order valence-corrected chi connectivity index (χ2v) is 7.27. The van der Waals surface area contributed by atoms with E-state index in [0.29, 0.717) is 13.2 Å². The lowest BCUT2D eigenvalue weighted by Crippen LogP contribution is -2.44. The van der Waals surface area contributed by atoms with Crippen molar-refractivity contribution in [2.75, 3.05) is 39.3 Å². The van der Waals surface area contributed by atoms with E-state index in [0.717, 1.165) is 60.9 Å². The largest absolute Gasteiger partial charge is 0.492 e. The van der Waals surface area contributed by atoms with Crippen molar-refractivity contribution in [3.8, 4) is 22.6 Å². The maximum Gasteiger partial charge on any atom is 0.124 e. The van der Waals surface area contributed by atoms with Crippen LogP contribution in [0, 0.1) is 0 Å². The van der Waals surface area contributed by atoms with Gasteiger partial charge < -0.3 is 14.8 Å². The van der Waals surface area contributed by atoms with Gasteiger partial charge in [0.05, 0.1) is 0 Å². The standard InChI is InChI=1S/C25H28N2O2/c1-3-7-21(8-4-1)20-29-25-18-23(22-9-5-2-6-10-22)17-24(19-25)28-16-15-27-13-11-26-12-14-27/h1-10,17-19,26H,11-16,20H2. The lowest BCUT2D eigenvalue weighted by Gasteiger charge is -2.27. The number of nitrogens with one attached hydrogen (secondary N) is 1. The third-order valence-electron chi connectivity index (χ3n) is 5.12. The quantitative estimate of drug-likeness (QED) is 0.627. The van der Waals surface area contributed by atoms with Gasteiger partial charge in [-0.05, 0) is 28.8 Å². The molecule has 4 heteroatoms. The molecule has 0 aromatic heterocycles. The minimum absolute atomic E-state index is 0.541. The predicted octanol–water partition coefficient (Wildman–Crippen LogP) is 4.22. The SMILES string of the molecule is c1ccc(COc2cc(OCCN3CCNCC3)cc(-c3ccccc3)c2)cc1. The van der Waals surface area contributed by atoms with Gasteiger partial charge in [-0.3, -0.25) is 4.90 Å². The van der Waals surface area contributed by atoms with Crippen LogP contribution in [-0.4, -0.2) is 44.2 Å². The zero-order valence-corrected chi connectivity index (χ0v) is 16.7. The van der Waals surface area contributed by atoms with Gasteiger partial charge in [0.1, 0.15) is 24.7 Å². The van der Waals surface area contributed by atoms with Gasteiger partial charge in [-0.1, -0.05) is 60.7 Å². The van der Waals surface area contributed by atoms with Crippen LogP contribution in [0.2, 0.25) is 0 Å². The lowest BCUT2D eigenvalue weighted by atomic mass is 10.1. The molecule has 0 unspecified atom stereocenters. The molecular formula is C25H28N2O2. The molecule has 1 aliphatic heterocycles. The molecule has 0 radical (unpaired) electrons. The second-order valence-electron chi connectivity index (χ2n) is 7.27. The molecule has 0 bridgehead atoms. The van der Waals surface area contributed by atoms with Gasteiger partial charge in [-0.2, -0.15) is 0 Å². The summed E-state index contributed by atoms with van der Waals surface area (Å²) in [5.41, 5.74) is 3.41. The van der Waals surface area contributed by atoms with Gasteiger partial charge in [0.25, 0.3) is 0 Å². The van der Waals surface area contributed by atoms with Crippen LogP contribution >= 0.6 is 0 Å². The third-order valence-corrected chi connectivity index (χ3v) is 5.12. The Hall–Kier alpha value is -2.82. The molecule has 0 spiro atoms. The van der Waals surface area contributed by atoms with E-state index >= 15 is 0 Å². The molecule has 3 aromatic rings. The highest BCUT2D eigenvalue weighted by atomic mass is 16.5. The van der Waals surface area contributed by atoms with Crippen molar-refractivity contribution in [2.24, 2.45) is 0 Å². The fourth-order valence-corrected chi connectivity index (χ4v) is 3.50. The first kappa shape index (κ1) is 19.5. The molecule has 0 saturated carbocycles. The maximum absolute atomic E-state index is 6.12. The van der Waals surface area contributed by atoms with E-state index in [4.69, 9.17) is 9.47 Å². The maximum atomic E-state index is 6.12. The highest BCUT2D eigenvalue weighted by molar-refractivity contribution is 5.67. The van der Waals surface area contributed by atoms with Gasteiger partial charge in [0.2, 0.25) is 0 Å². The van der Waals surface area contributed by atoms with Crippen molar-refractivity contribution in [2.45, 2.75) is 6.61 Å². The number of benzene rings is 3. The Balaban J connectivity index is 1.46. The Kier molecular flexibility index (Phi) is 6.79. The molecule has 1 saturated heterocycles. The first-order valence-electron chi connectivity index (χ1n) is 10.3. The molecule has 1 heterocycles. The Morgan fingerprint density at radius 1 is 0.724 bits per heavy atom. The summed E-state index contributed by atoms with van der Waals surface area (Å²) in [6.07, 6.45) is 0. The summed E-state index contributed by atoms with van der Waals surface area (Å²) >= 11 is 0. The van der Waals surface area contributed by atoms with Gasteiger partial charge in [-0.25, -0.2) is 0 Å². The van der Waals surface area contributed by atoms with Crippen LogP contribution < -0.4 is 14.8 Å². The molecule has 4 rings (SSSR count). The Morgan fingerprint density at radius 2 is 1.38 bits per heavy atom. The summed E-state index contributed by atoms with van der Waals surface area (Å²) in [6.45, 7) is 6.44. The molecule has 1 fully saturated rings. The zero-order chi connectivity index (χ0) is 19.7. The van der Waals surface area contributed by atoms with Crippen molar-refractivity contribution < 1.29 is 9.47 Å². The smallest absolute Gasteiger partial charge is 0.124 e. The fraction of sp³-hybridized carbons (Fsp3) is 0.280. The van der Waals surface area contributed by atoms with E-state index in [1.807, 2.05) is 30.3 Å². The summed E-state index contributed by atoms with van der Waals surface area (Å²) in [5.74, 6) is 1.68. The van der Waals surface area contributed by atoms with Gasteiger partial charge in [-0.15, -0.1) is 0 Å². The molecule has 1 N–H and O–H groups in total. The van der Waals surface area contributed by atoms with Gasteiger partial charge >= 0.3 is 0 Å². The average Bonchev–Trinajstić information content (AvgIpc) is 2.80. The first-order valence-corrected chi connectivity index (χ1v) is 10.3. The van der Waals surface area contributed by atoms with E-state index in [-0.39, 0.29) is 0 Å². The number of ether oxygens (including phenoxy) is 2. The molecule has 150 valence electrons. The second kappa shape index (κ2) is 10.1. The molecule has 3 aromatic carbocycles. The van der Waals surface area contributed by atoms with Crippen molar-refractivity contribution in [3.05, 3.63) is 84.4 Å². The normalized spacial score (nSPS) is 14.5. The first-order chi connectivity index (χ1) is 14.4. The lowest BCUT2D eigenvalue weighted by molar-refractivity contribution is 0.191. The van der Waals surface area contributed by atoms with Crippen molar-refractivity contribution in [3.63, 3.8) is 0 Å². The Bertz CT molecular complexity index is 878. The fourth-order valence-electron chi connectivity index (χ4n) is 3.50. The van der Waals surface area contributed by atoms with Crippen LogP contribution in [0.5, 0.6) is 11.5 Å². The number of piperazine rings is 1. The van der Waals surface area contributed by atoms with E-state index in [9.17, 15) is 0 Å². The Labute approximate surface area is 173 Å². The summed E-state index contributed by atoms with van der Waals surface area (Å²) in [5, 5.41) is 3.38. The molecule has 4 nitrogen and oxygen atoms in total. The molecular weight excluding hydrogens is 360 g/mol. The molecule has 0 aliphatic carbocycles. The number of nitrogens with zero attached hydrogens (tertiary/aromatic N) is 1. The predicted molar refractivity (Wildman–Crippen MR) is 117 cm³/mol. The van der Waals surface area contributed by atoms with Crippen LogP contribution in [0.3, 0.4) is 0 Å². The van der Waals surface area contributed by atoms with Crippen molar-refractivity contribution in [1.82, 2.24) is 10.2 Å².